The molecule has 0 saturated heterocycles. The van der Waals surface area contributed by atoms with Crippen molar-refractivity contribution in [2.45, 2.75) is 13.0 Å². The number of anilines is 1. The lowest BCUT2D eigenvalue weighted by atomic mass is 9.98. The van der Waals surface area contributed by atoms with Gasteiger partial charge in [0.05, 0.1) is 23.3 Å². The molecule has 3 aromatic rings. The molecule has 0 bridgehead atoms. The minimum Gasteiger partial charge on any atom is -0.324 e. The second kappa shape index (κ2) is 8.80. The smallest absolute Gasteiger partial charge is 0.238 e. The standard InChI is InChI=1S/C22H20ClFN2O/c1-15-7-9-17(10-8-15)22(16-5-3-2-4-6-16)25-14-21(27)26-20-12-11-18(24)13-19(20)23/h2-13,22,25H,14H2,1H3,(H,26,27)/t22-/m1/s1. The summed E-state index contributed by atoms with van der Waals surface area (Å²) in [5.41, 5.74) is 3.69. The molecule has 0 aliphatic heterocycles. The number of amides is 1. The van der Waals surface area contributed by atoms with Crippen LogP contribution in [0.1, 0.15) is 22.7 Å². The lowest BCUT2D eigenvalue weighted by molar-refractivity contribution is -0.115. The van der Waals surface area contributed by atoms with E-state index in [0.29, 0.717) is 5.69 Å². The first-order valence-electron chi connectivity index (χ1n) is 8.63. The van der Waals surface area contributed by atoms with Gasteiger partial charge in [-0.25, -0.2) is 4.39 Å². The van der Waals surface area contributed by atoms with Crippen LogP contribution in [-0.2, 0) is 4.79 Å². The van der Waals surface area contributed by atoms with Crippen LogP contribution in [0.2, 0.25) is 5.02 Å². The van der Waals surface area contributed by atoms with Crippen molar-refractivity contribution in [2.75, 3.05) is 11.9 Å². The highest BCUT2D eigenvalue weighted by molar-refractivity contribution is 6.33. The molecule has 1 atom stereocenters. The van der Waals surface area contributed by atoms with Crippen LogP contribution in [0, 0.1) is 12.7 Å². The number of carbonyl (C=O) groups is 1. The van der Waals surface area contributed by atoms with Gasteiger partial charge in [-0.3, -0.25) is 10.1 Å². The van der Waals surface area contributed by atoms with Gasteiger partial charge in [-0.1, -0.05) is 71.8 Å². The third kappa shape index (κ3) is 5.16. The van der Waals surface area contributed by atoms with Gasteiger partial charge in [0.1, 0.15) is 5.82 Å². The predicted octanol–water partition coefficient (Wildman–Crippen LogP) is 5.11. The molecule has 0 aliphatic carbocycles. The van der Waals surface area contributed by atoms with Crippen molar-refractivity contribution in [3.05, 3.63) is 100 Å². The number of hydrogen-bond acceptors (Lipinski definition) is 2. The summed E-state index contributed by atoms with van der Waals surface area (Å²) in [6, 6.07) is 21.9. The quantitative estimate of drug-likeness (QED) is 0.622. The first-order valence-corrected chi connectivity index (χ1v) is 9.00. The molecule has 0 fully saturated rings. The molecule has 3 rings (SSSR count). The summed E-state index contributed by atoms with van der Waals surface area (Å²) < 4.78 is 13.1. The number of hydrogen-bond donors (Lipinski definition) is 2. The van der Waals surface area contributed by atoms with Crippen LogP contribution in [0.25, 0.3) is 0 Å². The number of rotatable bonds is 6. The van der Waals surface area contributed by atoms with E-state index in [2.05, 4.69) is 22.8 Å². The average molecular weight is 383 g/mol. The van der Waals surface area contributed by atoms with Crippen LogP contribution >= 0.6 is 11.6 Å². The normalized spacial score (nSPS) is 11.8. The Bertz CT molecular complexity index is 913. The van der Waals surface area contributed by atoms with Crippen molar-refractivity contribution in [2.24, 2.45) is 0 Å². The summed E-state index contributed by atoms with van der Waals surface area (Å²) >= 11 is 5.97. The molecule has 2 N–H and O–H groups in total. The zero-order valence-electron chi connectivity index (χ0n) is 14.9. The molecule has 0 heterocycles. The van der Waals surface area contributed by atoms with Crippen molar-refractivity contribution >= 4 is 23.2 Å². The monoisotopic (exact) mass is 382 g/mol. The van der Waals surface area contributed by atoms with E-state index < -0.39 is 5.82 Å². The SMILES string of the molecule is Cc1ccc([C@H](NCC(=O)Nc2ccc(F)cc2Cl)c2ccccc2)cc1. The molecule has 3 nitrogen and oxygen atoms in total. The molecule has 5 heteroatoms. The van der Waals surface area contributed by atoms with Crippen molar-refractivity contribution in [1.29, 1.82) is 0 Å². The summed E-state index contributed by atoms with van der Waals surface area (Å²) in [6.45, 7) is 2.12. The van der Waals surface area contributed by atoms with E-state index in [-0.39, 0.29) is 23.5 Å². The second-order valence-electron chi connectivity index (χ2n) is 6.31. The minimum atomic E-state index is -0.445. The summed E-state index contributed by atoms with van der Waals surface area (Å²) in [5, 5.41) is 6.17. The van der Waals surface area contributed by atoms with Crippen LogP contribution in [0.5, 0.6) is 0 Å². The molecule has 0 aromatic heterocycles. The molecular weight excluding hydrogens is 363 g/mol. The zero-order valence-corrected chi connectivity index (χ0v) is 15.6. The predicted molar refractivity (Wildman–Crippen MR) is 108 cm³/mol. The van der Waals surface area contributed by atoms with Gasteiger partial charge in [0, 0.05) is 0 Å². The third-order valence-corrected chi connectivity index (χ3v) is 4.53. The maximum Gasteiger partial charge on any atom is 0.238 e. The average Bonchev–Trinajstić information content (AvgIpc) is 2.66. The Morgan fingerprint density at radius 3 is 2.33 bits per heavy atom. The third-order valence-electron chi connectivity index (χ3n) is 4.22. The fourth-order valence-electron chi connectivity index (χ4n) is 2.81. The zero-order chi connectivity index (χ0) is 19.2. The number of nitrogens with one attached hydrogen (secondary N) is 2. The van der Waals surface area contributed by atoms with Gasteiger partial charge in [-0.2, -0.15) is 0 Å². The molecule has 0 radical (unpaired) electrons. The number of benzene rings is 3. The van der Waals surface area contributed by atoms with Gasteiger partial charge in [-0.15, -0.1) is 0 Å². The van der Waals surface area contributed by atoms with Crippen molar-refractivity contribution in [1.82, 2.24) is 5.32 Å². The Labute approximate surface area is 163 Å². The van der Waals surface area contributed by atoms with Crippen molar-refractivity contribution in [3.8, 4) is 0 Å². The molecular formula is C22H20ClFN2O. The van der Waals surface area contributed by atoms with E-state index >= 15 is 0 Å². The Morgan fingerprint density at radius 2 is 1.67 bits per heavy atom. The minimum absolute atomic E-state index is 0.0845. The van der Waals surface area contributed by atoms with Gasteiger partial charge >= 0.3 is 0 Å². The Morgan fingerprint density at radius 1 is 1.00 bits per heavy atom. The van der Waals surface area contributed by atoms with E-state index in [4.69, 9.17) is 11.6 Å². The topological polar surface area (TPSA) is 41.1 Å². The van der Waals surface area contributed by atoms with Crippen molar-refractivity contribution < 1.29 is 9.18 Å². The first-order chi connectivity index (χ1) is 13.0. The van der Waals surface area contributed by atoms with Crippen LogP contribution < -0.4 is 10.6 Å². The largest absolute Gasteiger partial charge is 0.324 e. The molecule has 0 unspecified atom stereocenters. The molecule has 0 aliphatic rings. The van der Waals surface area contributed by atoms with Gasteiger partial charge in [0.15, 0.2) is 0 Å². The summed E-state index contributed by atoms with van der Waals surface area (Å²) in [5.74, 6) is -0.698. The van der Waals surface area contributed by atoms with Crippen LogP contribution in [0.4, 0.5) is 10.1 Å². The van der Waals surface area contributed by atoms with Gasteiger partial charge in [0.25, 0.3) is 0 Å². The van der Waals surface area contributed by atoms with Crippen LogP contribution in [0.15, 0.2) is 72.8 Å². The molecule has 3 aromatic carbocycles. The number of halogens is 2. The first kappa shape index (κ1) is 19.1. The van der Waals surface area contributed by atoms with Gasteiger partial charge in [-0.05, 0) is 36.2 Å². The summed E-state index contributed by atoms with van der Waals surface area (Å²) in [7, 11) is 0. The Balaban J connectivity index is 1.72. The van der Waals surface area contributed by atoms with Gasteiger partial charge in [0.2, 0.25) is 5.91 Å². The number of aryl methyl sites for hydroxylation is 1. The maximum absolute atomic E-state index is 13.1. The van der Waals surface area contributed by atoms with E-state index in [1.807, 2.05) is 49.4 Å². The fraction of sp³-hybridized carbons (Fsp3) is 0.136. The second-order valence-corrected chi connectivity index (χ2v) is 6.71. The fourth-order valence-corrected chi connectivity index (χ4v) is 3.03. The van der Waals surface area contributed by atoms with Gasteiger partial charge < -0.3 is 5.32 Å². The molecule has 0 saturated carbocycles. The Hall–Kier alpha value is -2.69. The van der Waals surface area contributed by atoms with E-state index in [1.54, 1.807) is 0 Å². The molecule has 0 spiro atoms. The summed E-state index contributed by atoms with van der Waals surface area (Å²) in [6.07, 6.45) is 0. The van der Waals surface area contributed by atoms with E-state index in [0.717, 1.165) is 11.1 Å². The van der Waals surface area contributed by atoms with E-state index in [1.165, 1.54) is 23.8 Å². The lowest BCUT2D eigenvalue weighted by Crippen LogP contribution is -2.32. The Kier molecular flexibility index (Phi) is 6.22. The van der Waals surface area contributed by atoms with Crippen LogP contribution in [-0.4, -0.2) is 12.5 Å². The number of carbonyl (C=O) groups excluding carboxylic acids is 1. The highest BCUT2D eigenvalue weighted by Gasteiger charge is 2.15. The maximum atomic E-state index is 13.1. The molecule has 1 amide bonds. The highest BCUT2D eigenvalue weighted by Crippen LogP contribution is 2.24. The van der Waals surface area contributed by atoms with Crippen molar-refractivity contribution in [3.63, 3.8) is 0 Å². The highest BCUT2D eigenvalue weighted by atomic mass is 35.5. The van der Waals surface area contributed by atoms with E-state index in [9.17, 15) is 9.18 Å². The summed E-state index contributed by atoms with van der Waals surface area (Å²) in [4.78, 5) is 12.3. The molecule has 27 heavy (non-hydrogen) atoms. The lowest BCUT2D eigenvalue weighted by Gasteiger charge is -2.20. The molecule has 138 valence electrons. The van der Waals surface area contributed by atoms with Crippen LogP contribution in [0.3, 0.4) is 0 Å².